The Kier molecular flexibility index (Phi) is 3.94. The predicted octanol–water partition coefficient (Wildman–Crippen LogP) is 3.79. The Morgan fingerprint density at radius 3 is 2.40 bits per heavy atom. The number of hydrogen-bond acceptors (Lipinski definition) is 2. The summed E-state index contributed by atoms with van der Waals surface area (Å²) in [6.45, 7) is 1.72. The Labute approximate surface area is 119 Å². The molecular weight excluding hydrogens is 285 g/mol. The van der Waals surface area contributed by atoms with E-state index in [2.05, 4.69) is 17.5 Å². The summed E-state index contributed by atoms with van der Waals surface area (Å²) in [7, 11) is 0. The fraction of sp³-hybridized carbons (Fsp3) is 0.0714. The topological polar surface area (TPSA) is 38.0 Å². The highest BCUT2D eigenvalue weighted by molar-refractivity contribution is 7.80. The first-order valence-corrected chi connectivity index (χ1v) is 6.12. The predicted molar refractivity (Wildman–Crippen MR) is 76.7 cm³/mol. The number of anilines is 2. The Bertz CT molecular complexity index is 686. The monoisotopic (exact) mass is 296 g/mol. The number of nitrogens with one attached hydrogen (secondary N) is 1. The summed E-state index contributed by atoms with van der Waals surface area (Å²) >= 11 is 4.62. The average molecular weight is 296 g/mol. The average Bonchev–Trinajstić information content (AvgIpc) is 2.39. The summed E-state index contributed by atoms with van der Waals surface area (Å²) in [6.07, 6.45) is 0. The molecule has 0 fully saturated rings. The third-order valence-corrected chi connectivity index (χ3v) is 3.04. The summed E-state index contributed by atoms with van der Waals surface area (Å²) in [6, 6.07) is 6.60. The molecule has 0 amide bonds. The first-order chi connectivity index (χ1) is 9.40. The molecule has 0 bridgehead atoms. The van der Waals surface area contributed by atoms with Crippen molar-refractivity contribution >= 4 is 28.6 Å². The Balaban J connectivity index is 2.42. The second-order valence-corrected chi connectivity index (χ2v) is 4.68. The van der Waals surface area contributed by atoms with Gasteiger partial charge in [0, 0.05) is 11.3 Å². The largest absolute Gasteiger partial charge is 0.389 e. The smallest absolute Gasteiger partial charge is 0.182 e. The molecule has 0 heterocycles. The fourth-order valence-electron chi connectivity index (χ4n) is 1.71. The molecular formula is C14H11F3N2S. The van der Waals surface area contributed by atoms with Crippen molar-refractivity contribution in [3.8, 4) is 0 Å². The van der Waals surface area contributed by atoms with Crippen LogP contribution in [0.5, 0.6) is 0 Å². The molecule has 2 aromatic rings. The Hall–Kier alpha value is -2.08. The zero-order valence-electron chi connectivity index (χ0n) is 10.5. The Morgan fingerprint density at radius 1 is 1.05 bits per heavy atom. The van der Waals surface area contributed by atoms with Crippen molar-refractivity contribution in [2.24, 2.45) is 5.73 Å². The standard InChI is InChI=1S/C14H11F3N2S/c1-7-2-3-8(15)6-11(7)19-10-5-4-9(14(18)20)12(16)13(10)17/h2-6,19H,1H3,(H2,18,20). The lowest BCUT2D eigenvalue weighted by atomic mass is 10.1. The van der Waals surface area contributed by atoms with Gasteiger partial charge in [-0.2, -0.15) is 0 Å². The van der Waals surface area contributed by atoms with Crippen molar-refractivity contribution in [1.29, 1.82) is 0 Å². The highest BCUT2D eigenvalue weighted by Crippen LogP contribution is 2.26. The van der Waals surface area contributed by atoms with Crippen LogP contribution < -0.4 is 11.1 Å². The van der Waals surface area contributed by atoms with Crippen LogP contribution in [0.3, 0.4) is 0 Å². The van der Waals surface area contributed by atoms with E-state index in [1.807, 2.05) is 0 Å². The van der Waals surface area contributed by atoms with Crippen molar-refractivity contribution in [3.63, 3.8) is 0 Å². The molecule has 0 radical (unpaired) electrons. The molecule has 2 rings (SSSR count). The second kappa shape index (κ2) is 5.50. The molecule has 0 spiro atoms. The van der Waals surface area contributed by atoms with Gasteiger partial charge in [0.1, 0.15) is 10.8 Å². The van der Waals surface area contributed by atoms with Gasteiger partial charge in [-0.3, -0.25) is 0 Å². The van der Waals surface area contributed by atoms with Gasteiger partial charge in [-0.1, -0.05) is 18.3 Å². The van der Waals surface area contributed by atoms with Gasteiger partial charge in [0.05, 0.1) is 5.69 Å². The maximum atomic E-state index is 13.9. The van der Waals surface area contributed by atoms with Crippen LogP contribution in [0.1, 0.15) is 11.1 Å². The zero-order chi connectivity index (χ0) is 14.9. The number of halogens is 3. The lowest BCUT2D eigenvalue weighted by Gasteiger charge is -2.12. The molecule has 0 aliphatic rings. The molecule has 0 saturated heterocycles. The molecule has 0 unspecified atom stereocenters. The molecule has 0 aliphatic heterocycles. The highest BCUT2D eigenvalue weighted by Gasteiger charge is 2.15. The van der Waals surface area contributed by atoms with Crippen LogP contribution in [-0.2, 0) is 0 Å². The summed E-state index contributed by atoms with van der Waals surface area (Å²) in [5.41, 5.74) is 6.05. The van der Waals surface area contributed by atoms with Crippen LogP contribution >= 0.6 is 12.2 Å². The van der Waals surface area contributed by atoms with E-state index >= 15 is 0 Å². The minimum Gasteiger partial charge on any atom is -0.389 e. The summed E-state index contributed by atoms with van der Waals surface area (Å²) in [5.74, 6) is -2.71. The molecule has 6 heteroatoms. The summed E-state index contributed by atoms with van der Waals surface area (Å²) < 4.78 is 40.8. The molecule has 0 atom stereocenters. The Morgan fingerprint density at radius 2 is 1.75 bits per heavy atom. The van der Waals surface area contributed by atoms with Gasteiger partial charge in [-0.05, 0) is 36.8 Å². The molecule has 0 aliphatic carbocycles. The fourth-order valence-corrected chi connectivity index (χ4v) is 1.87. The molecule has 2 nitrogen and oxygen atoms in total. The molecule has 3 N–H and O–H groups in total. The van der Waals surface area contributed by atoms with E-state index in [1.54, 1.807) is 6.92 Å². The summed E-state index contributed by atoms with van der Waals surface area (Å²) in [4.78, 5) is -0.227. The van der Waals surface area contributed by atoms with Gasteiger partial charge in [0.2, 0.25) is 0 Å². The van der Waals surface area contributed by atoms with Gasteiger partial charge < -0.3 is 11.1 Å². The maximum absolute atomic E-state index is 13.9. The zero-order valence-corrected chi connectivity index (χ0v) is 11.3. The molecule has 104 valence electrons. The SMILES string of the molecule is Cc1ccc(F)cc1Nc1ccc(C(N)=S)c(F)c1F. The second-order valence-electron chi connectivity index (χ2n) is 4.24. The van der Waals surface area contributed by atoms with Crippen molar-refractivity contribution in [2.75, 3.05) is 5.32 Å². The van der Waals surface area contributed by atoms with Crippen molar-refractivity contribution in [1.82, 2.24) is 0 Å². The molecule has 2 aromatic carbocycles. The van der Waals surface area contributed by atoms with Crippen LogP contribution in [0.4, 0.5) is 24.5 Å². The van der Waals surface area contributed by atoms with E-state index in [0.717, 1.165) is 0 Å². The van der Waals surface area contributed by atoms with Crippen LogP contribution in [0, 0.1) is 24.4 Å². The maximum Gasteiger partial charge on any atom is 0.182 e. The van der Waals surface area contributed by atoms with Gasteiger partial charge in [0.15, 0.2) is 11.6 Å². The van der Waals surface area contributed by atoms with Crippen LogP contribution in [0.2, 0.25) is 0 Å². The summed E-state index contributed by atoms with van der Waals surface area (Å²) in [5, 5.41) is 2.65. The van der Waals surface area contributed by atoms with E-state index in [0.29, 0.717) is 11.3 Å². The van der Waals surface area contributed by atoms with Crippen LogP contribution in [0.25, 0.3) is 0 Å². The van der Waals surface area contributed by atoms with Crippen molar-refractivity contribution in [2.45, 2.75) is 6.92 Å². The van der Waals surface area contributed by atoms with Gasteiger partial charge >= 0.3 is 0 Å². The molecule has 0 saturated carbocycles. The van der Waals surface area contributed by atoms with E-state index < -0.39 is 17.5 Å². The van der Waals surface area contributed by atoms with Crippen molar-refractivity contribution < 1.29 is 13.2 Å². The van der Waals surface area contributed by atoms with E-state index in [9.17, 15) is 13.2 Å². The number of aryl methyl sites for hydroxylation is 1. The third-order valence-electron chi connectivity index (χ3n) is 2.82. The highest BCUT2D eigenvalue weighted by atomic mass is 32.1. The quantitative estimate of drug-likeness (QED) is 0.846. The van der Waals surface area contributed by atoms with Gasteiger partial charge in [0.25, 0.3) is 0 Å². The van der Waals surface area contributed by atoms with E-state index in [4.69, 9.17) is 5.73 Å². The number of thiocarbonyl (C=S) groups is 1. The van der Waals surface area contributed by atoms with Crippen LogP contribution in [0.15, 0.2) is 30.3 Å². The minimum absolute atomic E-state index is 0.115. The van der Waals surface area contributed by atoms with Gasteiger partial charge in [-0.15, -0.1) is 0 Å². The van der Waals surface area contributed by atoms with Crippen molar-refractivity contribution in [3.05, 3.63) is 58.9 Å². The number of hydrogen-bond donors (Lipinski definition) is 2. The molecule has 20 heavy (non-hydrogen) atoms. The van der Waals surface area contributed by atoms with E-state index in [1.165, 1.54) is 30.3 Å². The number of rotatable bonds is 3. The third kappa shape index (κ3) is 2.75. The number of nitrogens with two attached hydrogens (primary N) is 1. The lowest BCUT2D eigenvalue weighted by Crippen LogP contribution is -2.13. The first kappa shape index (κ1) is 14.3. The van der Waals surface area contributed by atoms with E-state index in [-0.39, 0.29) is 16.2 Å². The van der Waals surface area contributed by atoms with Crippen LogP contribution in [-0.4, -0.2) is 4.99 Å². The minimum atomic E-state index is -1.13. The van der Waals surface area contributed by atoms with Gasteiger partial charge in [-0.25, -0.2) is 13.2 Å². The number of benzene rings is 2. The normalized spacial score (nSPS) is 10.4. The first-order valence-electron chi connectivity index (χ1n) is 5.71. The molecule has 0 aromatic heterocycles. The lowest BCUT2D eigenvalue weighted by molar-refractivity contribution is 0.510.